The van der Waals surface area contributed by atoms with Gasteiger partial charge in [-0.25, -0.2) is 0 Å². The van der Waals surface area contributed by atoms with Crippen LogP contribution in [0, 0.1) is 0 Å². The van der Waals surface area contributed by atoms with Gasteiger partial charge in [0, 0.05) is 23.4 Å². The molecular formula is C17H18ClNO. The second-order valence-corrected chi connectivity index (χ2v) is 5.83. The van der Waals surface area contributed by atoms with Gasteiger partial charge in [0.2, 0.25) is 0 Å². The highest BCUT2D eigenvalue weighted by Gasteiger charge is 2.36. The molecule has 1 aliphatic rings. The van der Waals surface area contributed by atoms with E-state index in [2.05, 4.69) is 12.1 Å². The molecule has 0 saturated carbocycles. The molecule has 3 rings (SSSR count). The Labute approximate surface area is 124 Å². The first-order chi connectivity index (χ1) is 9.70. The summed E-state index contributed by atoms with van der Waals surface area (Å²) < 4.78 is 0. The number of rotatable bonds is 4. The molecule has 104 valence electrons. The summed E-state index contributed by atoms with van der Waals surface area (Å²) in [6.45, 7) is 0.432. The summed E-state index contributed by atoms with van der Waals surface area (Å²) in [5, 5.41) is 11.4. The Kier molecular flexibility index (Phi) is 3.79. The van der Waals surface area contributed by atoms with E-state index in [1.54, 1.807) is 0 Å². The molecule has 0 fully saturated rings. The van der Waals surface area contributed by atoms with Gasteiger partial charge in [-0.3, -0.25) is 0 Å². The zero-order chi connectivity index (χ0) is 14.1. The van der Waals surface area contributed by atoms with E-state index in [0.29, 0.717) is 11.6 Å². The lowest BCUT2D eigenvalue weighted by molar-refractivity contribution is 0.106. The quantitative estimate of drug-likeness (QED) is 0.908. The molecule has 20 heavy (non-hydrogen) atoms. The van der Waals surface area contributed by atoms with Crippen molar-refractivity contribution < 1.29 is 5.11 Å². The Morgan fingerprint density at radius 2 is 1.85 bits per heavy atom. The minimum absolute atomic E-state index is 0.0503. The zero-order valence-corrected chi connectivity index (χ0v) is 11.9. The summed E-state index contributed by atoms with van der Waals surface area (Å²) in [5.74, 6) is 0.140. The monoisotopic (exact) mass is 287 g/mol. The lowest BCUT2D eigenvalue weighted by Gasteiger charge is -2.37. The molecule has 0 bridgehead atoms. The standard InChI is InChI=1S/C17H18ClNO/c18-13-7-5-11(6-8-13)16(10-19)17(20)15-9-12-3-1-2-4-14(12)15/h1-8,15-17,20H,9-10,19H2. The summed E-state index contributed by atoms with van der Waals surface area (Å²) >= 11 is 5.91. The molecule has 1 aliphatic carbocycles. The molecule has 0 radical (unpaired) electrons. The van der Waals surface area contributed by atoms with Crippen LogP contribution in [0.15, 0.2) is 48.5 Å². The Balaban J connectivity index is 1.82. The van der Waals surface area contributed by atoms with E-state index in [-0.39, 0.29) is 11.8 Å². The summed E-state index contributed by atoms with van der Waals surface area (Å²) in [4.78, 5) is 0. The molecule has 3 unspecified atom stereocenters. The van der Waals surface area contributed by atoms with Crippen molar-refractivity contribution in [2.45, 2.75) is 24.4 Å². The van der Waals surface area contributed by atoms with Crippen LogP contribution in [0.1, 0.15) is 28.5 Å². The van der Waals surface area contributed by atoms with Gasteiger partial charge in [0.1, 0.15) is 0 Å². The van der Waals surface area contributed by atoms with Crippen molar-refractivity contribution in [3.63, 3.8) is 0 Å². The molecule has 0 aliphatic heterocycles. The third-order valence-electron chi connectivity index (χ3n) is 4.27. The van der Waals surface area contributed by atoms with Crippen molar-refractivity contribution in [3.8, 4) is 0 Å². The van der Waals surface area contributed by atoms with Crippen molar-refractivity contribution in [1.29, 1.82) is 0 Å². The summed E-state index contributed by atoms with van der Waals surface area (Å²) in [6, 6.07) is 15.9. The number of benzene rings is 2. The Morgan fingerprint density at radius 3 is 2.50 bits per heavy atom. The lowest BCUT2D eigenvalue weighted by Crippen LogP contribution is -2.36. The highest BCUT2D eigenvalue weighted by Crippen LogP contribution is 2.41. The average Bonchev–Trinajstić information content (AvgIpc) is 2.43. The largest absolute Gasteiger partial charge is 0.392 e. The Morgan fingerprint density at radius 1 is 1.15 bits per heavy atom. The number of aliphatic hydroxyl groups excluding tert-OH is 1. The van der Waals surface area contributed by atoms with Gasteiger partial charge in [-0.05, 0) is 35.2 Å². The van der Waals surface area contributed by atoms with Crippen LogP contribution in [0.5, 0.6) is 0 Å². The van der Waals surface area contributed by atoms with E-state index < -0.39 is 6.10 Å². The fraction of sp³-hybridized carbons (Fsp3) is 0.294. The van der Waals surface area contributed by atoms with Crippen LogP contribution in [-0.4, -0.2) is 17.8 Å². The van der Waals surface area contributed by atoms with Gasteiger partial charge in [-0.1, -0.05) is 48.0 Å². The first-order valence-electron chi connectivity index (χ1n) is 6.92. The summed E-state index contributed by atoms with van der Waals surface area (Å²) in [6.07, 6.45) is 0.484. The predicted octanol–water partition coefficient (Wildman–Crippen LogP) is 3.08. The molecule has 2 aromatic rings. The minimum atomic E-state index is -0.448. The minimum Gasteiger partial charge on any atom is -0.392 e. The maximum absolute atomic E-state index is 10.7. The van der Waals surface area contributed by atoms with E-state index in [9.17, 15) is 5.11 Å². The van der Waals surface area contributed by atoms with Crippen molar-refractivity contribution in [2.75, 3.05) is 6.54 Å². The number of hydrogen-bond donors (Lipinski definition) is 2. The van der Waals surface area contributed by atoms with Crippen molar-refractivity contribution in [2.24, 2.45) is 5.73 Å². The first kappa shape index (κ1) is 13.6. The van der Waals surface area contributed by atoms with Crippen LogP contribution in [0.2, 0.25) is 5.02 Å². The molecule has 0 saturated heterocycles. The van der Waals surface area contributed by atoms with E-state index >= 15 is 0 Å². The second-order valence-electron chi connectivity index (χ2n) is 5.39. The van der Waals surface area contributed by atoms with Gasteiger partial charge in [-0.2, -0.15) is 0 Å². The maximum Gasteiger partial charge on any atom is 0.0692 e. The molecule has 0 aromatic heterocycles. The first-order valence-corrected chi connectivity index (χ1v) is 7.30. The molecule has 3 atom stereocenters. The van der Waals surface area contributed by atoms with Gasteiger partial charge in [0.05, 0.1) is 6.10 Å². The molecular weight excluding hydrogens is 270 g/mol. The molecule has 0 heterocycles. The van der Waals surface area contributed by atoms with Gasteiger partial charge in [-0.15, -0.1) is 0 Å². The van der Waals surface area contributed by atoms with Crippen molar-refractivity contribution >= 4 is 11.6 Å². The van der Waals surface area contributed by atoms with E-state index in [4.69, 9.17) is 17.3 Å². The summed E-state index contributed by atoms with van der Waals surface area (Å²) in [7, 11) is 0. The smallest absolute Gasteiger partial charge is 0.0692 e. The second kappa shape index (κ2) is 5.57. The fourth-order valence-electron chi connectivity index (χ4n) is 3.07. The highest BCUT2D eigenvalue weighted by atomic mass is 35.5. The van der Waals surface area contributed by atoms with Crippen LogP contribution < -0.4 is 5.73 Å². The van der Waals surface area contributed by atoms with Crippen molar-refractivity contribution in [1.82, 2.24) is 0 Å². The van der Waals surface area contributed by atoms with Crippen LogP contribution in [0.25, 0.3) is 0 Å². The molecule has 0 amide bonds. The van der Waals surface area contributed by atoms with E-state index in [0.717, 1.165) is 12.0 Å². The van der Waals surface area contributed by atoms with Crippen LogP contribution in [0.4, 0.5) is 0 Å². The highest BCUT2D eigenvalue weighted by molar-refractivity contribution is 6.30. The maximum atomic E-state index is 10.7. The molecule has 2 nitrogen and oxygen atoms in total. The number of nitrogens with two attached hydrogens (primary N) is 1. The van der Waals surface area contributed by atoms with Gasteiger partial charge < -0.3 is 10.8 Å². The molecule has 2 aromatic carbocycles. The number of aliphatic hydroxyl groups is 1. The van der Waals surface area contributed by atoms with Crippen molar-refractivity contribution in [3.05, 3.63) is 70.2 Å². The number of halogens is 1. The SMILES string of the molecule is NCC(c1ccc(Cl)cc1)C(O)C1Cc2ccccc21. The summed E-state index contributed by atoms with van der Waals surface area (Å²) in [5.41, 5.74) is 9.53. The lowest BCUT2D eigenvalue weighted by atomic mass is 9.70. The van der Waals surface area contributed by atoms with Gasteiger partial charge >= 0.3 is 0 Å². The molecule has 0 spiro atoms. The third-order valence-corrected chi connectivity index (χ3v) is 4.52. The number of hydrogen-bond acceptors (Lipinski definition) is 2. The van der Waals surface area contributed by atoms with Crippen LogP contribution in [-0.2, 0) is 6.42 Å². The number of fused-ring (bicyclic) bond motifs is 1. The molecule has 3 N–H and O–H groups in total. The normalized spacial score (nSPS) is 19.9. The van der Waals surface area contributed by atoms with Gasteiger partial charge in [0.15, 0.2) is 0 Å². The van der Waals surface area contributed by atoms with E-state index in [1.807, 2.05) is 36.4 Å². The average molecular weight is 288 g/mol. The van der Waals surface area contributed by atoms with Gasteiger partial charge in [0.25, 0.3) is 0 Å². The topological polar surface area (TPSA) is 46.2 Å². The zero-order valence-electron chi connectivity index (χ0n) is 11.2. The Hall–Kier alpha value is -1.35. The Bertz CT molecular complexity index is 596. The molecule has 3 heteroatoms. The van der Waals surface area contributed by atoms with E-state index in [1.165, 1.54) is 11.1 Å². The third kappa shape index (κ3) is 2.35. The van der Waals surface area contributed by atoms with Crippen LogP contribution >= 0.6 is 11.6 Å². The fourth-order valence-corrected chi connectivity index (χ4v) is 3.19. The van der Waals surface area contributed by atoms with Crippen LogP contribution in [0.3, 0.4) is 0 Å². The predicted molar refractivity (Wildman–Crippen MR) is 82.1 cm³/mol.